The number of carbonyl (C=O) groups is 1. The number of amides is 1. The lowest BCUT2D eigenvalue weighted by Crippen LogP contribution is -2.37. The van der Waals surface area contributed by atoms with E-state index in [9.17, 15) is 4.79 Å². The van der Waals surface area contributed by atoms with Crippen LogP contribution >= 0.6 is 0 Å². The van der Waals surface area contributed by atoms with Crippen molar-refractivity contribution in [2.45, 2.75) is 64.8 Å². The van der Waals surface area contributed by atoms with Gasteiger partial charge < -0.3 is 15.6 Å². The van der Waals surface area contributed by atoms with E-state index in [1.54, 1.807) is 0 Å². The fourth-order valence-corrected chi connectivity index (χ4v) is 5.59. The number of aromatic nitrogens is 1. The Hall–Kier alpha value is -2.66. The maximum atomic E-state index is 13.4. The molecule has 2 aromatic rings. The molecule has 5 nitrogen and oxygen atoms in total. The molecule has 1 aromatic heterocycles. The number of benzene rings is 1. The number of aryl methyl sites for hydroxylation is 1. The Labute approximate surface area is 197 Å². The van der Waals surface area contributed by atoms with Crippen LogP contribution in [0.2, 0.25) is 0 Å². The highest BCUT2D eigenvalue weighted by atomic mass is 16.2. The minimum atomic E-state index is 0.165. The van der Waals surface area contributed by atoms with Crippen molar-refractivity contribution in [2.24, 2.45) is 22.1 Å². The summed E-state index contributed by atoms with van der Waals surface area (Å²) in [6, 6.07) is 10.0. The molecular weight excluding hydrogens is 408 g/mol. The zero-order chi connectivity index (χ0) is 22.8. The van der Waals surface area contributed by atoms with E-state index < -0.39 is 0 Å². The smallest absolute Gasteiger partial charge is 0.253 e. The number of hydrogen-bond donors (Lipinski definition) is 2. The Balaban J connectivity index is 1.38. The summed E-state index contributed by atoms with van der Waals surface area (Å²) in [6.07, 6.45) is 13.1. The standard InChI is InChI=1S/C28H36N4O/c1-20-5-10-25-24(11-14-30-25)26(31-18-20)23-4-2-3-15-32(19-28(16-23)12-13-28)27(33)22-8-6-21(17-29)7-9-22/h6-9,11,14,18,23,30H,2-5,10,12-13,15-17,19,29H2,1H3/b20-18+,31-26?. The van der Waals surface area contributed by atoms with Gasteiger partial charge >= 0.3 is 0 Å². The number of rotatable bonds is 3. The molecule has 1 aromatic carbocycles. The average Bonchev–Trinajstić information content (AvgIpc) is 3.40. The van der Waals surface area contributed by atoms with E-state index in [4.69, 9.17) is 10.7 Å². The van der Waals surface area contributed by atoms with Crippen molar-refractivity contribution in [2.75, 3.05) is 13.1 Å². The van der Waals surface area contributed by atoms with Crippen molar-refractivity contribution in [3.8, 4) is 0 Å². The predicted octanol–water partition coefficient (Wildman–Crippen LogP) is 5.23. The van der Waals surface area contributed by atoms with Crippen LogP contribution in [0, 0.1) is 11.3 Å². The van der Waals surface area contributed by atoms with Gasteiger partial charge in [-0.15, -0.1) is 0 Å². The molecule has 1 amide bonds. The Morgan fingerprint density at radius 3 is 2.76 bits per heavy atom. The van der Waals surface area contributed by atoms with E-state index in [0.717, 1.165) is 62.7 Å². The maximum Gasteiger partial charge on any atom is 0.253 e. The molecule has 5 rings (SSSR count). The fourth-order valence-electron chi connectivity index (χ4n) is 5.59. The van der Waals surface area contributed by atoms with Crippen LogP contribution in [0.3, 0.4) is 0 Å². The summed E-state index contributed by atoms with van der Waals surface area (Å²) in [5.41, 5.74) is 13.0. The molecule has 1 aliphatic carbocycles. The summed E-state index contributed by atoms with van der Waals surface area (Å²) in [4.78, 5) is 24.0. The van der Waals surface area contributed by atoms with E-state index in [2.05, 4.69) is 35.3 Å². The van der Waals surface area contributed by atoms with Crippen molar-refractivity contribution >= 4 is 11.6 Å². The summed E-state index contributed by atoms with van der Waals surface area (Å²) < 4.78 is 0. The topological polar surface area (TPSA) is 74.5 Å². The average molecular weight is 445 g/mol. The first kappa shape index (κ1) is 22.1. The molecule has 3 N–H and O–H groups in total. The van der Waals surface area contributed by atoms with Crippen LogP contribution in [-0.4, -0.2) is 34.6 Å². The Bertz CT molecular complexity index is 1060. The van der Waals surface area contributed by atoms with E-state index in [1.807, 2.05) is 24.3 Å². The van der Waals surface area contributed by atoms with Gasteiger partial charge in [0.15, 0.2) is 0 Å². The second-order valence-corrected chi connectivity index (χ2v) is 10.4. The van der Waals surface area contributed by atoms with Crippen molar-refractivity contribution in [3.63, 3.8) is 0 Å². The zero-order valence-electron chi connectivity index (χ0n) is 19.8. The lowest BCUT2D eigenvalue weighted by Gasteiger charge is -2.29. The number of nitrogens with zero attached hydrogens (tertiary/aromatic N) is 2. The zero-order valence-corrected chi connectivity index (χ0v) is 19.8. The van der Waals surface area contributed by atoms with Gasteiger partial charge in [0.1, 0.15) is 0 Å². The molecule has 2 fully saturated rings. The molecule has 1 unspecified atom stereocenters. The van der Waals surface area contributed by atoms with E-state index in [-0.39, 0.29) is 11.3 Å². The predicted molar refractivity (Wildman–Crippen MR) is 133 cm³/mol. The molecule has 2 aliphatic heterocycles. The lowest BCUT2D eigenvalue weighted by atomic mass is 9.82. The number of nitrogens with two attached hydrogens (primary N) is 1. The van der Waals surface area contributed by atoms with Crippen molar-refractivity contribution in [1.29, 1.82) is 0 Å². The number of nitrogens with one attached hydrogen (secondary N) is 1. The molecule has 3 aliphatic rings. The first-order chi connectivity index (χ1) is 16.1. The normalized spacial score (nSPS) is 24.3. The molecule has 3 heterocycles. The first-order valence-electron chi connectivity index (χ1n) is 12.6. The van der Waals surface area contributed by atoms with Gasteiger partial charge in [-0.25, -0.2) is 0 Å². The third-order valence-corrected chi connectivity index (χ3v) is 7.81. The van der Waals surface area contributed by atoms with Gasteiger partial charge in [0.25, 0.3) is 5.91 Å². The molecule has 1 atom stereocenters. The third-order valence-electron chi connectivity index (χ3n) is 7.81. The third kappa shape index (κ3) is 4.84. The van der Waals surface area contributed by atoms with Gasteiger partial charge in [-0.1, -0.05) is 24.1 Å². The SMILES string of the molecule is C/C1=C\N=C(C2CCCCN(C(=O)c3ccc(CN)cc3)CC3(CC3)C2)c2cc[nH]c2CC1. The van der Waals surface area contributed by atoms with Crippen molar-refractivity contribution in [3.05, 3.63) is 70.7 Å². The second-order valence-electron chi connectivity index (χ2n) is 10.4. The summed E-state index contributed by atoms with van der Waals surface area (Å²) in [5, 5.41) is 0. The van der Waals surface area contributed by atoms with Gasteiger partial charge in [0, 0.05) is 54.8 Å². The highest BCUT2D eigenvalue weighted by molar-refractivity contribution is 6.04. The lowest BCUT2D eigenvalue weighted by molar-refractivity contribution is 0.0714. The molecule has 1 saturated carbocycles. The van der Waals surface area contributed by atoms with Crippen LogP contribution in [0.15, 0.2) is 53.3 Å². The number of aromatic amines is 1. The molecule has 1 saturated heterocycles. The summed E-state index contributed by atoms with van der Waals surface area (Å²) in [7, 11) is 0. The fraction of sp³-hybridized carbons (Fsp3) is 0.500. The van der Waals surface area contributed by atoms with Crippen LogP contribution in [-0.2, 0) is 13.0 Å². The highest BCUT2D eigenvalue weighted by Crippen LogP contribution is 2.53. The van der Waals surface area contributed by atoms with E-state index in [1.165, 1.54) is 35.4 Å². The van der Waals surface area contributed by atoms with Crippen LogP contribution in [0.5, 0.6) is 0 Å². The number of fused-ring (bicyclic) bond motifs is 1. The monoisotopic (exact) mass is 444 g/mol. The number of allylic oxidation sites excluding steroid dienone is 1. The van der Waals surface area contributed by atoms with Crippen LogP contribution in [0.4, 0.5) is 0 Å². The maximum absolute atomic E-state index is 13.4. The highest BCUT2D eigenvalue weighted by Gasteiger charge is 2.47. The number of aliphatic imine (C=N–C) groups is 1. The summed E-state index contributed by atoms with van der Waals surface area (Å²) in [6.45, 7) is 4.39. The number of carbonyl (C=O) groups excluding carboxylic acids is 1. The largest absolute Gasteiger partial charge is 0.364 e. The second kappa shape index (κ2) is 9.30. The summed E-state index contributed by atoms with van der Waals surface area (Å²) >= 11 is 0. The molecule has 0 radical (unpaired) electrons. The molecule has 5 heteroatoms. The van der Waals surface area contributed by atoms with Crippen molar-refractivity contribution < 1.29 is 4.79 Å². The Morgan fingerprint density at radius 1 is 1.18 bits per heavy atom. The van der Waals surface area contributed by atoms with Gasteiger partial charge in [-0.2, -0.15) is 0 Å². The van der Waals surface area contributed by atoms with Gasteiger partial charge in [0.05, 0.1) is 5.71 Å². The van der Waals surface area contributed by atoms with Crippen LogP contribution in [0.1, 0.15) is 79.0 Å². The molecular formula is C28H36N4O. The molecule has 0 bridgehead atoms. The molecule has 33 heavy (non-hydrogen) atoms. The summed E-state index contributed by atoms with van der Waals surface area (Å²) in [5.74, 6) is 0.612. The molecule has 1 spiro atoms. The number of hydrogen-bond acceptors (Lipinski definition) is 3. The van der Waals surface area contributed by atoms with E-state index in [0.29, 0.717) is 12.5 Å². The van der Waals surface area contributed by atoms with Crippen LogP contribution in [0.25, 0.3) is 0 Å². The van der Waals surface area contributed by atoms with Gasteiger partial charge in [-0.05, 0) is 81.0 Å². The Morgan fingerprint density at radius 2 is 2.00 bits per heavy atom. The minimum absolute atomic E-state index is 0.165. The number of H-pyrrole nitrogens is 1. The minimum Gasteiger partial charge on any atom is -0.364 e. The molecule has 174 valence electrons. The van der Waals surface area contributed by atoms with Crippen LogP contribution < -0.4 is 5.73 Å². The Kier molecular flexibility index (Phi) is 6.24. The first-order valence-corrected chi connectivity index (χ1v) is 12.6. The van der Waals surface area contributed by atoms with Gasteiger partial charge in [-0.3, -0.25) is 9.79 Å². The quantitative estimate of drug-likeness (QED) is 0.681. The van der Waals surface area contributed by atoms with E-state index >= 15 is 0 Å². The van der Waals surface area contributed by atoms with Gasteiger partial charge in [0.2, 0.25) is 0 Å². The van der Waals surface area contributed by atoms with Crippen molar-refractivity contribution in [1.82, 2.24) is 9.88 Å².